The van der Waals surface area contributed by atoms with E-state index in [0.717, 1.165) is 31.0 Å². The number of hydrogen-bond donors (Lipinski definition) is 1. The van der Waals surface area contributed by atoms with Gasteiger partial charge in [-0.1, -0.05) is 6.92 Å². The third-order valence-electron chi connectivity index (χ3n) is 2.67. The van der Waals surface area contributed by atoms with Gasteiger partial charge in [-0.25, -0.2) is 4.98 Å². The van der Waals surface area contributed by atoms with Crippen molar-refractivity contribution < 1.29 is 0 Å². The Hall–Kier alpha value is -0.290. The van der Waals surface area contributed by atoms with Gasteiger partial charge in [-0.3, -0.25) is 9.36 Å². The Morgan fingerprint density at radius 3 is 2.88 bits per heavy atom. The number of halogens is 1. The molecular weight excluding hydrogens is 288 g/mol. The largest absolute Gasteiger partial charge is 0.296 e. The van der Waals surface area contributed by atoms with Crippen LogP contribution in [-0.2, 0) is 6.54 Å². The molecule has 0 aromatic carbocycles. The highest BCUT2D eigenvalue weighted by atomic mass is 79.9. The molecule has 0 saturated heterocycles. The second kappa shape index (κ2) is 6.45. The Labute approximate surface area is 110 Å². The van der Waals surface area contributed by atoms with Gasteiger partial charge in [0.1, 0.15) is 10.3 Å². The van der Waals surface area contributed by atoms with Gasteiger partial charge in [0, 0.05) is 12.7 Å². The van der Waals surface area contributed by atoms with Crippen LogP contribution in [0.4, 0.5) is 0 Å². The Bertz CT molecular complexity index is 405. The third kappa shape index (κ3) is 3.63. The number of nitrogens with zero attached hydrogens (tertiary/aromatic N) is 2. The van der Waals surface area contributed by atoms with Gasteiger partial charge in [-0.15, -0.1) is 0 Å². The van der Waals surface area contributed by atoms with Crippen molar-refractivity contribution in [3.05, 3.63) is 26.8 Å². The Morgan fingerprint density at radius 1 is 1.56 bits per heavy atom. The first kappa shape index (κ1) is 13.8. The maximum Gasteiger partial charge on any atom is 0.267 e. The van der Waals surface area contributed by atoms with Crippen LogP contribution in [0, 0.1) is 12.8 Å². The van der Waals surface area contributed by atoms with Crippen LogP contribution in [0.15, 0.2) is 15.5 Å². The van der Waals surface area contributed by atoms with E-state index in [1.807, 2.05) is 6.92 Å². The predicted octanol–water partition coefficient (Wildman–Crippen LogP) is 2.66. The quantitative estimate of drug-likeness (QED) is 0.849. The van der Waals surface area contributed by atoms with E-state index in [-0.39, 0.29) is 5.56 Å². The highest BCUT2D eigenvalue weighted by molar-refractivity contribution is 9.10. The summed E-state index contributed by atoms with van der Waals surface area (Å²) in [5.74, 6) is 2.25. The van der Waals surface area contributed by atoms with Crippen LogP contribution in [0.25, 0.3) is 0 Å². The van der Waals surface area contributed by atoms with E-state index in [2.05, 4.69) is 40.5 Å². The van der Waals surface area contributed by atoms with Gasteiger partial charge in [0.05, 0.1) is 0 Å². The van der Waals surface area contributed by atoms with E-state index in [1.54, 1.807) is 10.8 Å². The van der Waals surface area contributed by atoms with Gasteiger partial charge in [-0.05, 0) is 47.4 Å². The number of hydrogen-bond acceptors (Lipinski definition) is 3. The summed E-state index contributed by atoms with van der Waals surface area (Å²) in [5.41, 5.74) is 0.00516. The van der Waals surface area contributed by atoms with Crippen molar-refractivity contribution in [3.8, 4) is 0 Å². The van der Waals surface area contributed by atoms with Crippen LogP contribution >= 0.6 is 28.6 Å². The first-order chi connectivity index (χ1) is 7.56. The summed E-state index contributed by atoms with van der Waals surface area (Å²) < 4.78 is 2.25. The SMILES string of the molecule is Cc1ncc(Br)c(=O)n1CCC(C)CCS. The van der Waals surface area contributed by atoms with Crippen molar-refractivity contribution >= 4 is 28.6 Å². The van der Waals surface area contributed by atoms with Gasteiger partial charge in [-0.2, -0.15) is 12.6 Å². The number of aryl methyl sites for hydroxylation is 1. The van der Waals surface area contributed by atoms with Gasteiger partial charge < -0.3 is 0 Å². The molecule has 0 aliphatic carbocycles. The lowest BCUT2D eigenvalue weighted by Gasteiger charge is -2.13. The van der Waals surface area contributed by atoms with Crippen molar-refractivity contribution in [1.29, 1.82) is 0 Å². The summed E-state index contributed by atoms with van der Waals surface area (Å²) in [6.45, 7) is 4.77. The molecule has 1 unspecified atom stereocenters. The van der Waals surface area contributed by atoms with E-state index in [1.165, 1.54) is 0 Å². The van der Waals surface area contributed by atoms with Gasteiger partial charge >= 0.3 is 0 Å². The average molecular weight is 305 g/mol. The summed E-state index contributed by atoms with van der Waals surface area (Å²) in [6, 6.07) is 0. The molecule has 1 atom stereocenters. The van der Waals surface area contributed by atoms with E-state index in [9.17, 15) is 4.79 Å². The molecule has 0 saturated carbocycles. The molecule has 16 heavy (non-hydrogen) atoms. The van der Waals surface area contributed by atoms with Gasteiger partial charge in [0.25, 0.3) is 5.56 Å². The Balaban J connectivity index is 2.74. The number of thiol groups is 1. The third-order valence-corrected chi connectivity index (χ3v) is 3.47. The molecule has 90 valence electrons. The molecule has 0 bridgehead atoms. The molecule has 1 aromatic heterocycles. The summed E-state index contributed by atoms with van der Waals surface area (Å²) in [6.07, 6.45) is 3.63. The number of aromatic nitrogens is 2. The molecule has 0 fully saturated rings. The van der Waals surface area contributed by atoms with Crippen molar-refractivity contribution in [3.63, 3.8) is 0 Å². The van der Waals surface area contributed by atoms with Crippen LogP contribution in [0.5, 0.6) is 0 Å². The summed E-state index contributed by atoms with van der Waals surface area (Å²) in [7, 11) is 0. The molecule has 3 nitrogen and oxygen atoms in total. The normalized spacial score (nSPS) is 12.8. The maximum absolute atomic E-state index is 11.8. The van der Waals surface area contributed by atoms with Crippen molar-refractivity contribution in [2.75, 3.05) is 5.75 Å². The lowest BCUT2D eigenvalue weighted by Crippen LogP contribution is -2.24. The molecule has 5 heteroatoms. The lowest BCUT2D eigenvalue weighted by molar-refractivity contribution is 0.457. The molecule has 1 heterocycles. The smallest absolute Gasteiger partial charge is 0.267 e. The highest BCUT2D eigenvalue weighted by Crippen LogP contribution is 2.10. The zero-order valence-corrected chi connectivity index (χ0v) is 12.1. The summed E-state index contributed by atoms with van der Waals surface area (Å²) >= 11 is 7.42. The monoisotopic (exact) mass is 304 g/mol. The first-order valence-electron chi connectivity index (χ1n) is 5.39. The molecule has 0 radical (unpaired) electrons. The summed E-state index contributed by atoms with van der Waals surface area (Å²) in [4.78, 5) is 16.0. The van der Waals surface area contributed by atoms with Gasteiger partial charge in [0.2, 0.25) is 0 Å². The fourth-order valence-corrected chi connectivity index (χ4v) is 2.29. The fraction of sp³-hybridized carbons (Fsp3) is 0.636. The maximum atomic E-state index is 11.8. The molecule has 1 aromatic rings. The van der Waals surface area contributed by atoms with E-state index >= 15 is 0 Å². The molecular formula is C11H17BrN2OS. The Kier molecular flexibility index (Phi) is 5.55. The van der Waals surface area contributed by atoms with E-state index < -0.39 is 0 Å². The van der Waals surface area contributed by atoms with E-state index in [0.29, 0.717) is 10.4 Å². The topological polar surface area (TPSA) is 34.9 Å². The second-order valence-corrected chi connectivity index (χ2v) is 5.32. The van der Waals surface area contributed by atoms with Crippen LogP contribution in [0.3, 0.4) is 0 Å². The minimum absolute atomic E-state index is 0.00516. The summed E-state index contributed by atoms with van der Waals surface area (Å²) in [5, 5.41) is 0. The van der Waals surface area contributed by atoms with Crippen molar-refractivity contribution in [2.45, 2.75) is 33.2 Å². The fourth-order valence-electron chi connectivity index (χ4n) is 1.53. The highest BCUT2D eigenvalue weighted by Gasteiger charge is 2.07. The molecule has 1 rings (SSSR count). The first-order valence-corrected chi connectivity index (χ1v) is 6.81. The van der Waals surface area contributed by atoms with Crippen LogP contribution in [0.1, 0.15) is 25.6 Å². The van der Waals surface area contributed by atoms with Gasteiger partial charge in [0.15, 0.2) is 0 Å². The Morgan fingerprint density at radius 2 is 2.25 bits per heavy atom. The predicted molar refractivity (Wildman–Crippen MR) is 73.2 cm³/mol. The standard InChI is InChI=1S/C11H17BrN2OS/c1-8(4-6-16)3-5-14-9(2)13-7-10(12)11(14)15/h7-8,16H,3-6H2,1-2H3. The lowest BCUT2D eigenvalue weighted by atomic mass is 10.1. The zero-order chi connectivity index (χ0) is 12.1. The molecule has 0 aliphatic rings. The van der Waals surface area contributed by atoms with Crippen molar-refractivity contribution in [1.82, 2.24) is 9.55 Å². The molecule has 0 N–H and O–H groups in total. The molecule has 0 amide bonds. The van der Waals surface area contributed by atoms with Crippen LogP contribution in [0.2, 0.25) is 0 Å². The molecule has 0 aliphatic heterocycles. The minimum Gasteiger partial charge on any atom is -0.296 e. The minimum atomic E-state index is 0.00516. The average Bonchev–Trinajstić information content (AvgIpc) is 2.24. The second-order valence-electron chi connectivity index (χ2n) is 4.02. The number of rotatable bonds is 5. The van der Waals surface area contributed by atoms with Crippen LogP contribution in [-0.4, -0.2) is 15.3 Å². The zero-order valence-electron chi connectivity index (χ0n) is 9.61. The molecule has 0 spiro atoms. The van der Waals surface area contributed by atoms with Crippen molar-refractivity contribution in [2.24, 2.45) is 5.92 Å². The van der Waals surface area contributed by atoms with Crippen LogP contribution < -0.4 is 5.56 Å². The van der Waals surface area contributed by atoms with E-state index in [4.69, 9.17) is 0 Å².